The second-order valence-electron chi connectivity index (χ2n) is 3.91. The molecule has 16 heavy (non-hydrogen) atoms. The normalized spacial score (nSPS) is 12.9. The highest BCUT2D eigenvalue weighted by Gasteiger charge is 2.15. The van der Waals surface area contributed by atoms with E-state index < -0.39 is 5.97 Å². The number of carbonyl (C=O) groups is 1. The van der Waals surface area contributed by atoms with E-state index in [1.807, 2.05) is 32.0 Å². The van der Waals surface area contributed by atoms with Crippen LogP contribution in [-0.4, -0.2) is 25.7 Å². The molecule has 0 spiro atoms. The average molecular weight is 219 g/mol. The summed E-state index contributed by atoms with van der Waals surface area (Å²) in [6.45, 7) is 3.76. The number of hydrogen-bond acceptors (Lipinski definition) is 3. The highest BCUT2D eigenvalue weighted by Crippen LogP contribution is 2.16. The van der Waals surface area contributed by atoms with Gasteiger partial charge in [0.2, 0.25) is 0 Å². The summed E-state index contributed by atoms with van der Waals surface area (Å²) in [4.78, 5) is 14.9. The van der Waals surface area contributed by atoms with Crippen LogP contribution >= 0.6 is 0 Å². The van der Waals surface area contributed by atoms with E-state index in [4.69, 9.17) is 5.11 Å². The van der Waals surface area contributed by atoms with Crippen molar-refractivity contribution in [3.8, 4) is 0 Å². The third-order valence-electron chi connectivity index (χ3n) is 2.49. The lowest BCUT2D eigenvalue weighted by Gasteiger charge is -2.01. The van der Waals surface area contributed by atoms with E-state index >= 15 is 0 Å². The van der Waals surface area contributed by atoms with Crippen molar-refractivity contribution >= 4 is 11.6 Å². The van der Waals surface area contributed by atoms with E-state index in [-0.39, 0.29) is 12.3 Å². The minimum atomic E-state index is -0.830. The van der Waals surface area contributed by atoms with Crippen LogP contribution in [0, 0.1) is 6.92 Å². The number of carboxylic acid groups (broad SMARTS) is 1. The lowest BCUT2D eigenvalue weighted by Crippen LogP contribution is -2.04. The zero-order valence-corrected chi connectivity index (χ0v) is 9.21. The molecule has 2 heterocycles. The molecule has 0 saturated heterocycles. The largest absolute Gasteiger partial charge is 0.481 e. The zero-order valence-electron chi connectivity index (χ0n) is 9.21. The SMILES string of the molecule is Cc1cccc2nc(C(C)CC(=O)O)nn12. The van der Waals surface area contributed by atoms with Gasteiger partial charge in [0.05, 0.1) is 6.42 Å². The summed E-state index contributed by atoms with van der Waals surface area (Å²) in [6.07, 6.45) is 0.0515. The second-order valence-corrected chi connectivity index (χ2v) is 3.91. The van der Waals surface area contributed by atoms with Crippen molar-refractivity contribution in [3.63, 3.8) is 0 Å². The number of hydrogen-bond donors (Lipinski definition) is 1. The van der Waals surface area contributed by atoms with E-state index in [2.05, 4.69) is 10.1 Å². The molecule has 0 aliphatic carbocycles. The monoisotopic (exact) mass is 219 g/mol. The molecule has 0 radical (unpaired) electrons. The molecule has 84 valence electrons. The Morgan fingerprint density at radius 2 is 2.31 bits per heavy atom. The molecule has 2 rings (SSSR count). The number of fused-ring (bicyclic) bond motifs is 1. The van der Waals surface area contributed by atoms with Crippen LogP contribution in [0.3, 0.4) is 0 Å². The average Bonchev–Trinajstić information content (AvgIpc) is 2.61. The molecule has 0 amide bonds. The number of aryl methyl sites for hydroxylation is 1. The quantitative estimate of drug-likeness (QED) is 0.851. The van der Waals surface area contributed by atoms with Crippen LogP contribution in [0.5, 0.6) is 0 Å². The fourth-order valence-corrected chi connectivity index (χ4v) is 1.61. The van der Waals surface area contributed by atoms with Crippen molar-refractivity contribution in [2.45, 2.75) is 26.2 Å². The molecule has 0 fully saturated rings. The van der Waals surface area contributed by atoms with Crippen LogP contribution in [0.1, 0.15) is 30.8 Å². The Balaban J connectivity index is 2.39. The Morgan fingerprint density at radius 3 is 2.94 bits per heavy atom. The van der Waals surface area contributed by atoms with Gasteiger partial charge in [-0.25, -0.2) is 9.50 Å². The summed E-state index contributed by atoms with van der Waals surface area (Å²) >= 11 is 0. The van der Waals surface area contributed by atoms with Gasteiger partial charge in [0, 0.05) is 11.6 Å². The number of nitrogens with zero attached hydrogens (tertiary/aromatic N) is 3. The van der Waals surface area contributed by atoms with Crippen LogP contribution < -0.4 is 0 Å². The van der Waals surface area contributed by atoms with Crippen molar-refractivity contribution in [2.75, 3.05) is 0 Å². The third kappa shape index (κ3) is 1.88. The number of pyridine rings is 1. The Labute approximate surface area is 92.7 Å². The zero-order chi connectivity index (χ0) is 11.7. The van der Waals surface area contributed by atoms with E-state index in [0.717, 1.165) is 11.3 Å². The predicted octanol–water partition coefficient (Wildman–Crippen LogP) is 1.62. The van der Waals surface area contributed by atoms with Gasteiger partial charge in [-0.05, 0) is 19.1 Å². The van der Waals surface area contributed by atoms with E-state index in [1.165, 1.54) is 0 Å². The number of carboxylic acids is 1. The summed E-state index contributed by atoms with van der Waals surface area (Å²) < 4.78 is 1.73. The fraction of sp³-hybridized carbons (Fsp3) is 0.364. The predicted molar refractivity (Wildman–Crippen MR) is 58.4 cm³/mol. The Hall–Kier alpha value is -1.91. The smallest absolute Gasteiger partial charge is 0.304 e. The molecule has 0 bridgehead atoms. The summed E-state index contributed by atoms with van der Waals surface area (Å²) in [5.74, 6) is -0.420. The van der Waals surface area contributed by atoms with E-state index in [9.17, 15) is 4.79 Å². The van der Waals surface area contributed by atoms with Gasteiger partial charge in [-0.3, -0.25) is 4.79 Å². The van der Waals surface area contributed by atoms with Gasteiger partial charge in [0.1, 0.15) is 0 Å². The van der Waals surface area contributed by atoms with E-state index in [0.29, 0.717) is 5.82 Å². The molecule has 1 atom stereocenters. The maximum Gasteiger partial charge on any atom is 0.304 e. The molecule has 2 aromatic heterocycles. The maximum atomic E-state index is 10.6. The Morgan fingerprint density at radius 1 is 1.56 bits per heavy atom. The summed E-state index contributed by atoms with van der Waals surface area (Å²) in [6, 6.07) is 5.70. The first-order valence-electron chi connectivity index (χ1n) is 5.12. The number of aromatic nitrogens is 3. The first kappa shape index (κ1) is 10.6. The van der Waals surface area contributed by atoms with Crippen molar-refractivity contribution < 1.29 is 9.90 Å². The summed E-state index contributed by atoms with van der Waals surface area (Å²) in [5.41, 5.74) is 1.74. The molecule has 2 aromatic rings. The van der Waals surface area contributed by atoms with Crippen molar-refractivity contribution in [2.24, 2.45) is 0 Å². The summed E-state index contributed by atoms with van der Waals surface area (Å²) in [7, 11) is 0. The highest BCUT2D eigenvalue weighted by atomic mass is 16.4. The van der Waals surface area contributed by atoms with Gasteiger partial charge in [-0.2, -0.15) is 5.10 Å². The molecule has 0 aromatic carbocycles. The van der Waals surface area contributed by atoms with Crippen LogP contribution in [0.25, 0.3) is 5.65 Å². The molecule has 0 aliphatic rings. The van der Waals surface area contributed by atoms with Crippen LogP contribution in [0.15, 0.2) is 18.2 Å². The van der Waals surface area contributed by atoms with Crippen molar-refractivity contribution in [1.29, 1.82) is 0 Å². The minimum Gasteiger partial charge on any atom is -0.481 e. The topological polar surface area (TPSA) is 67.5 Å². The molecule has 5 nitrogen and oxygen atoms in total. The first-order valence-corrected chi connectivity index (χ1v) is 5.12. The van der Waals surface area contributed by atoms with Gasteiger partial charge in [-0.1, -0.05) is 13.0 Å². The number of aliphatic carboxylic acids is 1. The lowest BCUT2D eigenvalue weighted by molar-refractivity contribution is -0.137. The third-order valence-corrected chi connectivity index (χ3v) is 2.49. The lowest BCUT2D eigenvalue weighted by atomic mass is 10.1. The molecule has 0 saturated carbocycles. The first-order chi connectivity index (χ1) is 7.58. The summed E-state index contributed by atoms with van der Waals surface area (Å²) in [5, 5.41) is 13.0. The molecule has 5 heteroatoms. The van der Waals surface area contributed by atoms with E-state index in [1.54, 1.807) is 4.52 Å². The Kier molecular flexibility index (Phi) is 2.60. The molecular weight excluding hydrogens is 206 g/mol. The van der Waals surface area contributed by atoms with Gasteiger partial charge < -0.3 is 5.11 Å². The van der Waals surface area contributed by atoms with Gasteiger partial charge in [0.25, 0.3) is 0 Å². The van der Waals surface area contributed by atoms with Gasteiger partial charge in [-0.15, -0.1) is 0 Å². The van der Waals surface area contributed by atoms with Crippen molar-refractivity contribution in [3.05, 3.63) is 29.7 Å². The highest BCUT2D eigenvalue weighted by molar-refractivity contribution is 5.67. The van der Waals surface area contributed by atoms with Crippen LogP contribution in [0.4, 0.5) is 0 Å². The van der Waals surface area contributed by atoms with Crippen LogP contribution in [-0.2, 0) is 4.79 Å². The Bertz CT molecular complexity index is 533. The number of rotatable bonds is 3. The maximum absolute atomic E-state index is 10.6. The molecular formula is C11H13N3O2. The molecule has 1 N–H and O–H groups in total. The second kappa shape index (κ2) is 3.92. The van der Waals surface area contributed by atoms with Gasteiger partial charge >= 0.3 is 5.97 Å². The molecule has 1 unspecified atom stereocenters. The minimum absolute atomic E-state index is 0.0515. The van der Waals surface area contributed by atoms with Crippen molar-refractivity contribution in [1.82, 2.24) is 14.6 Å². The fourth-order valence-electron chi connectivity index (χ4n) is 1.61. The van der Waals surface area contributed by atoms with Gasteiger partial charge in [0.15, 0.2) is 11.5 Å². The van der Waals surface area contributed by atoms with Crippen LogP contribution in [0.2, 0.25) is 0 Å². The molecule has 0 aliphatic heterocycles. The standard InChI is InChI=1S/C11H13N3O2/c1-7(6-10(15)16)11-12-9-5-3-4-8(2)14(9)13-11/h3-5,7H,6H2,1-2H3,(H,15,16).